The molecule has 0 bridgehead atoms. The maximum Gasteiger partial charge on any atom is 0.312 e. The zero-order chi connectivity index (χ0) is 13.3. The quantitative estimate of drug-likeness (QED) is 0.903. The summed E-state index contributed by atoms with van der Waals surface area (Å²) in [6.45, 7) is 1.95. The first-order valence-corrected chi connectivity index (χ1v) is 5.75. The van der Waals surface area contributed by atoms with Gasteiger partial charge in [-0.25, -0.2) is 8.78 Å². The Labute approximate surface area is 103 Å². The molecule has 0 spiro atoms. The number of aryl methyl sites for hydroxylation is 1. The van der Waals surface area contributed by atoms with Crippen LogP contribution in [-0.4, -0.2) is 35.0 Å². The molecule has 1 aromatic heterocycles. The normalized spacial score (nSPS) is 24.1. The van der Waals surface area contributed by atoms with Crippen LogP contribution in [0.15, 0.2) is 16.7 Å². The van der Waals surface area contributed by atoms with Gasteiger partial charge < -0.3 is 9.52 Å². The van der Waals surface area contributed by atoms with E-state index in [9.17, 15) is 13.6 Å². The van der Waals surface area contributed by atoms with E-state index >= 15 is 0 Å². The van der Waals surface area contributed by atoms with Crippen LogP contribution in [0.3, 0.4) is 0 Å². The molecule has 2 rings (SSSR count). The molecular weight excluding hydrogens is 244 g/mol. The number of likely N-dealkylation sites (tertiary alicyclic amines) is 1. The molecule has 18 heavy (non-hydrogen) atoms. The minimum absolute atomic E-state index is 0.0397. The number of carboxylic acid groups (broad SMARTS) is 1. The van der Waals surface area contributed by atoms with Crippen LogP contribution in [0, 0.1) is 12.8 Å². The predicted molar refractivity (Wildman–Crippen MR) is 59.4 cm³/mol. The molecule has 100 valence electrons. The van der Waals surface area contributed by atoms with E-state index < -0.39 is 24.4 Å². The molecule has 6 heteroatoms. The second-order valence-corrected chi connectivity index (χ2v) is 4.74. The van der Waals surface area contributed by atoms with Gasteiger partial charge in [-0.3, -0.25) is 9.69 Å². The van der Waals surface area contributed by atoms with Gasteiger partial charge in [-0.1, -0.05) is 0 Å². The van der Waals surface area contributed by atoms with Gasteiger partial charge in [0.2, 0.25) is 0 Å². The van der Waals surface area contributed by atoms with E-state index in [2.05, 4.69) is 0 Å². The van der Waals surface area contributed by atoms with Crippen molar-refractivity contribution in [1.82, 2.24) is 4.90 Å². The smallest absolute Gasteiger partial charge is 0.312 e. The summed E-state index contributed by atoms with van der Waals surface area (Å²) in [6.07, 6.45) is 1.53. The van der Waals surface area contributed by atoms with Gasteiger partial charge in [0.05, 0.1) is 19.4 Å². The van der Waals surface area contributed by atoms with E-state index in [1.165, 1.54) is 4.90 Å². The summed E-state index contributed by atoms with van der Waals surface area (Å²) in [7, 11) is 0. The standard InChI is InChI=1S/C12H15F2NO3/c1-8-4-9(18-6-8)5-15-3-2-10(11(16)17)12(13,14)7-15/h4,6,10H,2-3,5,7H2,1H3,(H,16,17). The second-order valence-electron chi connectivity index (χ2n) is 4.74. The number of halogens is 2. The molecule has 0 aliphatic carbocycles. The summed E-state index contributed by atoms with van der Waals surface area (Å²) >= 11 is 0. The molecule has 0 aromatic carbocycles. The average Bonchev–Trinajstić information content (AvgIpc) is 2.61. The molecule has 1 aromatic rings. The molecule has 1 fully saturated rings. The number of alkyl halides is 2. The highest BCUT2D eigenvalue weighted by Gasteiger charge is 2.48. The molecule has 0 saturated carbocycles. The molecule has 1 atom stereocenters. The topological polar surface area (TPSA) is 53.7 Å². The van der Waals surface area contributed by atoms with E-state index in [0.29, 0.717) is 12.3 Å². The van der Waals surface area contributed by atoms with Gasteiger partial charge in [-0.2, -0.15) is 0 Å². The number of carboxylic acids is 1. The lowest BCUT2D eigenvalue weighted by atomic mass is 9.93. The van der Waals surface area contributed by atoms with Crippen LogP contribution in [0.5, 0.6) is 0 Å². The fourth-order valence-corrected chi connectivity index (χ4v) is 2.24. The number of piperidine rings is 1. The van der Waals surface area contributed by atoms with Crippen LogP contribution < -0.4 is 0 Å². The summed E-state index contributed by atoms with van der Waals surface area (Å²) in [6, 6.07) is 1.79. The van der Waals surface area contributed by atoms with Crippen molar-refractivity contribution < 1.29 is 23.1 Å². The Hall–Kier alpha value is -1.43. The maximum atomic E-state index is 13.6. The first kappa shape index (κ1) is 13.0. The van der Waals surface area contributed by atoms with Crippen LogP contribution in [0.4, 0.5) is 8.78 Å². The highest BCUT2D eigenvalue weighted by molar-refractivity contribution is 5.71. The number of rotatable bonds is 3. The van der Waals surface area contributed by atoms with Crippen molar-refractivity contribution in [2.24, 2.45) is 5.92 Å². The van der Waals surface area contributed by atoms with E-state index in [4.69, 9.17) is 9.52 Å². The molecule has 2 heterocycles. The van der Waals surface area contributed by atoms with Crippen molar-refractivity contribution in [3.8, 4) is 0 Å². The molecule has 1 aliphatic heterocycles. The van der Waals surface area contributed by atoms with Crippen molar-refractivity contribution in [3.05, 3.63) is 23.7 Å². The number of hydrogen-bond acceptors (Lipinski definition) is 3. The largest absolute Gasteiger partial charge is 0.481 e. The zero-order valence-electron chi connectivity index (χ0n) is 10.0. The molecule has 1 unspecified atom stereocenters. The van der Waals surface area contributed by atoms with Crippen LogP contribution in [0.25, 0.3) is 0 Å². The zero-order valence-corrected chi connectivity index (χ0v) is 10.0. The van der Waals surface area contributed by atoms with Gasteiger partial charge in [-0.05, 0) is 31.5 Å². The second kappa shape index (κ2) is 4.68. The lowest BCUT2D eigenvalue weighted by Crippen LogP contribution is -2.50. The average molecular weight is 259 g/mol. The van der Waals surface area contributed by atoms with Gasteiger partial charge in [0.1, 0.15) is 11.7 Å². The first-order valence-electron chi connectivity index (χ1n) is 5.75. The third-order valence-corrected chi connectivity index (χ3v) is 3.14. The Morgan fingerprint density at radius 3 is 2.89 bits per heavy atom. The Morgan fingerprint density at radius 2 is 2.39 bits per heavy atom. The Bertz CT molecular complexity index is 444. The Morgan fingerprint density at radius 1 is 1.67 bits per heavy atom. The van der Waals surface area contributed by atoms with Crippen molar-refractivity contribution in [1.29, 1.82) is 0 Å². The molecule has 4 nitrogen and oxygen atoms in total. The predicted octanol–water partition coefficient (Wildman–Crippen LogP) is 2.13. The van der Waals surface area contributed by atoms with E-state index in [1.807, 2.05) is 6.92 Å². The lowest BCUT2D eigenvalue weighted by molar-refractivity contribution is -0.167. The molecule has 0 radical (unpaired) electrons. The van der Waals surface area contributed by atoms with Crippen molar-refractivity contribution >= 4 is 5.97 Å². The minimum Gasteiger partial charge on any atom is -0.481 e. The molecule has 1 N–H and O–H groups in total. The van der Waals surface area contributed by atoms with E-state index in [0.717, 1.165) is 5.56 Å². The fourth-order valence-electron chi connectivity index (χ4n) is 2.24. The van der Waals surface area contributed by atoms with E-state index in [1.54, 1.807) is 12.3 Å². The third-order valence-electron chi connectivity index (χ3n) is 3.14. The maximum absolute atomic E-state index is 13.6. The van der Waals surface area contributed by atoms with Gasteiger partial charge in [0, 0.05) is 0 Å². The van der Waals surface area contributed by atoms with Crippen LogP contribution in [-0.2, 0) is 11.3 Å². The monoisotopic (exact) mass is 259 g/mol. The summed E-state index contributed by atoms with van der Waals surface area (Å²) in [5.41, 5.74) is 0.942. The summed E-state index contributed by atoms with van der Waals surface area (Å²) < 4.78 is 32.5. The summed E-state index contributed by atoms with van der Waals surface area (Å²) in [5, 5.41) is 8.74. The molecule has 0 amide bonds. The van der Waals surface area contributed by atoms with Crippen molar-refractivity contribution in [3.63, 3.8) is 0 Å². The van der Waals surface area contributed by atoms with E-state index in [-0.39, 0.29) is 13.0 Å². The lowest BCUT2D eigenvalue weighted by Gasteiger charge is -2.35. The molecule has 1 aliphatic rings. The molecule has 1 saturated heterocycles. The molecular formula is C12H15F2NO3. The van der Waals surface area contributed by atoms with Gasteiger partial charge in [0.15, 0.2) is 0 Å². The van der Waals surface area contributed by atoms with Gasteiger partial charge in [0.25, 0.3) is 5.92 Å². The van der Waals surface area contributed by atoms with Crippen molar-refractivity contribution in [2.45, 2.75) is 25.8 Å². The first-order chi connectivity index (χ1) is 8.38. The van der Waals surface area contributed by atoms with Gasteiger partial charge >= 0.3 is 5.97 Å². The highest BCUT2D eigenvalue weighted by Crippen LogP contribution is 2.33. The number of hydrogen-bond donors (Lipinski definition) is 1. The van der Waals surface area contributed by atoms with Crippen LogP contribution in [0.2, 0.25) is 0 Å². The Balaban J connectivity index is 2.00. The van der Waals surface area contributed by atoms with Gasteiger partial charge in [-0.15, -0.1) is 0 Å². The highest BCUT2D eigenvalue weighted by atomic mass is 19.3. The third kappa shape index (κ3) is 2.69. The Kier molecular flexibility index (Phi) is 3.38. The number of nitrogens with zero attached hydrogens (tertiary/aromatic N) is 1. The number of furan rings is 1. The number of aliphatic carboxylic acids is 1. The van der Waals surface area contributed by atoms with Crippen molar-refractivity contribution in [2.75, 3.05) is 13.1 Å². The SMILES string of the molecule is Cc1coc(CN2CCC(C(=O)O)C(F)(F)C2)c1. The summed E-state index contributed by atoms with van der Waals surface area (Å²) in [5.74, 6) is -5.57. The summed E-state index contributed by atoms with van der Waals surface area (Å²) in [4.78, 5) is 12.2. The minimum atomic E-state index is -3.19. The van der Waals surface area contributed by atoms with Crippen LogP contribution >= 0.6 is 0 Å². The fraction of sp³-hybridized carbons (Fsp3) is 0.583. The number of carbonyl (C=O) groups is 1. The van der Waals surface area contributed by atoms with Crippen LogP contribution in [0.1, 0.15) is 17.7 Å².